The number of alkyl halides is 1. The number of hydrogen-bond acceptors (Lipinski definition) is 2. The molecule has 0 amide bonds. The van der Waals surface area contributed by atoms with Gasteiger partial charge in [-0.3, -0.25) is 9.59 Å². The third-order valence-electron chi connectivity index (χ3n) is 1.21. The van der Waals surface area contributed by atoms with Crippen molar-refractivity contribution in [1.29, 1.82) is 0 Å². The van der Waals surface area contributed by atoms with E-state index in [4.69, 9.17) is 10.2 Å². The molecule has 0 bridgehead atoms. The van der Waals surface area contributed by atoms with Gasteiger partial charge in [-0.2, -0.15) is 0 Å². The maximum atomic E-state index is 10.3. The Hall–Kier alpha value is -0.580. The molecule has 0 aromatic rings. The highest BCUT2D eigenvalue weighted by atomic mass is 79.9. The van der Waals surface area contributed by atoms with Gasteiger partial charge in [-0.15, -0.1) is 0 Å². The van der Waals surface area contributed by atoms with E-state index in [1.54, 1.807) is 0 Å². The summed E-state index contributed by atoms with van der Waals surface area (Å²) in [6.07, 6.45) is 0. The van der Waals surface area contributed by atoms with Crippen LogP contribution in [0.5, 0.6) is 0 Å². The van der Waals surface area contributed by atoms with Crippen LogP contribution in [0.25, 0.3) is 0 Å². The number of hydrogen-bond donors (Lipinski definition) is 2. The zero-order chi connectivity index (χ0) is 8.36. The molecule has 0 saturated carbocycles. The summed E-state index contributed by atoms with van der Waals surface area (Å²) in [5.74, 6) is -2.67. The van der Waals surface area contributed by atoms with Gasteiger partial charge in [0.25, 0.3) is 0 Å². The zero-order valence-electron chi connectivity index (χ0n) is 5.30. The zero-order valence-corrected chi connectivity index (χ0v) is 6.88. The van der Waals surface area contributed by atoms with Crippen LogP contribution in [-0.4, -0.2) is 27.5 Å². The van der Waals surface area contributed by atoms with Gasteiger partial charge in [0.1, 0.15) is 0 Å². The molecule has 0 aliphatic carbocycles. The molecule has 0 unspecified atom stereocenters. The Bertz CT molecular complexity index is 151. The molecule has 0 rings (SSSR count). The molecule has 10 heavy (non-hydrogen) atoms. The minimum absolute atomic E-state index is 0.0926. The molecule has 5 heteroatoms. The Labute approximate surface area is 66.0 Å². The van der Waals surface area contributed by atoms with Crippen molar-refractivity contribution in [2.24, 2.45) is 5.41 Å². The predicted molar refractivity (Wildman–Crippen MR) is 37.2 cm³/mol. The summed E-state index contributed by atoms with van der Waals surface area (Å²) < 4.78 is 0. The van der Waals surface area contributed by atoms with Gasteiger partial charge in [0.05, 0.1) is 0 Å². The maximum absolute atomic E-state index is 10.3. The number of aliphatic carboxylic acids is 2. The van der Waals surface area contributed by atoms with Gasteiger partial charge in [-0.05, 0) is 6.92 Å². The Morgan fingerprint density at radius 1 is 1.40 bits per heavy atom. The normalized spacial score (nSPS) is 11.0. The van der Waals surface area contributed by atoms with E-state index in [2.05, 4.69) is 15.9 Å². The summed E-state index contributed by atoms with van der Waals surface area (Å²) in [7, 11) is 0. The molecule has 0 fully saturated rings. The molecule has 0 radical (unpaired) electrons. The number of carboxylic acids is 2. The molecule has 2 N–H and O–H groups in total. The van der Waals surface area contributed by atoms with Crippen molar-refractivity contribution in [3.05, 3.63) is 0 Å². The number of carboxylic acid groups (broad SMARTS) is 2. The first-order valence-corrected chi connectivity index (χ1v) is 3.60. The van der Waals surface area contributed by atoms with Gasteiger partial charge in [0, 0.05) is 5.33 Å². The summed E-state index contributed by atoms with van der Waals surface area (Å²) in [5.41, 5.74) is -1.71. The van der Waals surface area contributed by atoms with Crippen molar-refractivity contribution in [1.82, 2.24) is 0 Å². The quantitative estimate of drug-likeness (QED) is 0.528. The summed E-state index contributed by atoms with van der Waals surface area (Å²) >= 11 is 2.81. The van der Waals surface area contributed by atoms with Crippen LogP contribution in [-0.2, 0) is 9.59 Å². The second kappa shape index (κ2) is 3.01. The topological polar surface area (TPSA) is 74.6 Å². The fourth-order valence-corrected chi connectivity index (χ4v) is 0.685. The number of carbonyl (C=O) groups is 2. The molecule has 0 heterocycles. The van der Waals surface area contributed by atoms with E-state index in [-0.39, 0.29) is 5.33 Å². The van der Waals surface area contributed by atoms with Crippen LogP contribution in [0.1, 0.15) is 6.92 Å². The smallest absolute Gasteiger partial charge is 0.321 e. The average Bonchev–Trinajstić information content (AvgIpc) is 1.85. The minimum atomic E-state index is -1.71. The Kier molecular flexibility index (Phi) is 2.83. The van der Waals surface area contributed by atoms with Crippen molar-refractivity contribution in [2.75, 3.05) is 5.33 Å². The average molecular weight is 211 g/mol. The lowest BCUT2D eigenvalue weighted by atomic mass is 9.94. The highest BCUT2D eigenvalue weighted by molar-refractivity contribution is 9.09. The molecule has 0 aromatic heterocycles. The SMILES string of the molecule is CC(CBr)(C(=O)O)C(=O)O. The summed E-state index contributed by atoms with van der Waals surface area (Å²) in [4.78, 5) is 20.6. The fraction of sp³-hybridized carbons (Fsp3) is 0.600. The van der Waals surface area contributed by atoms with Crippen LogP contribution in [0.4, 0.5) is 0 Å². The van der Waals surface area contributed by atoms with E-state index >= 15 is 0 Å². The monoisotopic (exact) mass is 210 g/mol. The van der Waals surface area contributed by atoms with Crippen LogP contribution in [0.15, 0.2) is 0 Å². The second-order valence-corrected chi connectivity index (χ2v) is 2.64. The Balaban J connectivity index is 4.55. The first-order valence-electron chi connectivity index (χ1n) is 2.48. The van der Waals surface area contributed by atoms with Crippen molar-refractivity contribution in [3.63, 3.8) is 0 Å². The van der Waals surface area contributed by atoms with E-state index in [1.165, 1.54) is 0 Å². The van der Waals surface area contributed by atoms with E-state index in [1.807, 2.05) is 0 Å². The maximum Gasteiger partial charge on any atom is 0.321 e. The third kappa shape index (κ3) is 1.47. The summed E-state index contributed by atoms with van der Waals surface area (Å²) in [6, 6.07) is 0. The van der Waals surface area contributed by atoms with Crippen LogP contribution in [0.2, 0.25) is 0 Å². The lowest BCUT2D eigenvalue weighted by Gasteiger charge is -2.14. The van der Waals surface area contributed by atoms with Crippen LogP contribution in [0.3, 0.4) is 0 Å². The van der Waals surface area contributed by atoms with Gasteiger partial charge in [0.15, 0.2) is 5.41 Å². The van der Waals surface area contributed by atoms with Gasteiger partial charge in [-0.25, -0.2) is 0 Å². The fourth-order valence-electron chi connectivity index (χ4n) is 0.206. The van der Waals surface area contributed by atoms with Crippen molar-refractivity contribution < 1.29 is 19.8 Å². The minimum Gasteiger partial charge on any atom is -0.480 e. The van der Waals surface area contributed by atoms with Crippen molar-refractivity contribution in [3.8, 4) is 0 Å². The molecule has 0 spiro atoms. The number of rotatable bonds is 3. The van der Waals surface area contributed by atoms with E-state index in [9.17, 15) is 9.59 Å². The molecule has 4 nitrogen and oxygen atoms in total. The summed E-state index contributed by atoms with van der Waals surface area (Å²) in [5, 5.41) is 16.7. The molecule has 0 aliphatic rings. The van der Waals surface area contributed by atoms with E-state index in [0.29, 0.717) is 0 Å². The van der Waals surface area contributed by atoms with E-state index in [0.717, 1.165) is 6.92 Å². The summed E-state index contributed by atoms with van der Waals surface area (Å²) in [6.45, 7) is 1.15. The molecule has 0 saturated heterocycles. The lowest BCUT2D eigenvalue weighted by Crippen LogP contribution is -2.37. The number of halogens is 1. The first-order chi connectivity index (χ1) is 4.45. The van der Waals surface area contributed by atoms with Gasteiger partial charge < -0.3 is 10.2 Å². The molecular weight excluding hydrogens is 204 g/mol. The lowest BCUT2D eigenvalue weighted by molar-refractivity contribution is -0.161. The molecule has 58 valence electrons. The standard InChI is InChI=1S/C5H7BrO4/c1-5(2-6,3(7)8)4(9)10/h2H2,1H3,(H,7,8)(H,9,10). The largest absolute Gasteiger partial charge is 0.480 e. The molecular formula is C5H7BrO4. The predicted octanol–water partition coefficient (Wildman–Crippen LogP) is 0.557. The van der Waals surface area contributed by atoms with Crippen LogP contribution < -0.4 is 0 Å². The second-order valence-electron chi connectivity index (χ2n) is 2.08. The third-order valence-corrected chi connectivity index (χ3v) is 2.33. The van der Waals surface area contributed by atoms with Gasteiger partial charge in [-0.1, -0.05) is 15.9 Å². The van der Waals surface area contributed by atoms with Crippen molar-refractivity contribution in [2.45, 2.75) is 6.92 Å². The Morgan fingerprint density at radius 2 is 1.70 bits per heavy atom. The van der Waals surface area contributed by atoms with Gasteiger partial charge in [0.2, 0.25) is 0 Å². The first kappa shape index (κ1) is 9.42. The van der Waals surface area contributed by atoms with E-state index < -0.39 is 17.4 Å². The van der Waals surface area contributed by atoms with Gasteiger partial charge >= 0.3 is 11.9 Å². The highest BCUT2D eigenvalue weighted by Crippen LogP contribution is 2.19. The van der Waals surface area contributed by atoms with Crippen molar-refractivity contribution >= 4 is 27.9 Å². The Morgan fingerprint density at radius 3 is 1.70 bits per heavy atom. The molecule has 0 aliphatic heterocycles. The van der Waals surface area contributed by atoms with Crippen LogP contribution >= 0.6 is 15.9 Å². The van der Waals surface area contributed by atoms with Crippen LogP contribution in [0, 0.1) is 5.41 Å². The molecule has 0 aromatic carbocycles. The molecule has 0 atom stereocenters. The highest BCUT2D eigenvalue weighted by Gasteiger charge is 2.40.